The second-order valence-electron chi connectivity index (χ2n) is 4.97. The van der Waals surface area contributed by atoms with E-state index in [1.165, 1.54) is 0 Å². The average molecular weight is 347 g/mol. The van der Waals surface area contributed by atoms with Gasteiger partial charge in [-0.1, -0.05) is 17.8 Å². The zero-order valence-corrected chi connectivity index (χ0v) is 14.2. The van der Waals surface area contributed by atoms with E-state index >= 15 is 0 Å². The van der Waals surface area contributed by atoms with Gasteiger partial charge in [-0.3, -0.25) is 4.79 Å². The number of carbonyl (C=O) groups is 1. The first-order valence-electron chi connectivity index (χ1n) is 7.66. The van der Waals surface area contributed by atoms with Gasteiger partial charge in [-0.15, -0.1) is 20.4 Å². The minimum atomic E-state index is -0.217. The quantitative estimate of drug-likeness (QED) is 0.685. The number of nitrogens with one attached hydrogen (secondary N) is 1. The molecule has 0 spiro atoms. The molecule has 0 radical (unpaired) electrons. The fourth-order valence-corrected chi connectivity index (χ4v) is 2.80. The van der Waals surface area contributed by atoms with Gasteiger partial charge in [-0.2, -0.15) is 4.52 Å². The standard InChI is InChI=1S/C14H17N7O2S/c1-3-5-9-13(24-20-16-9)14(22)15-8-11-18-17-10-6-7-12(23-4-2)19-21(10)11/h6-7H,3-5,8H2,1-2H3,(H,15,22). The molecule has 0 atom stereocenters. The summed E-state index contributed by atoms with van der Waals surface area (Å²) in [5.74, 6) is 0.787. The van der Waals surface area contributed by atoms with Gasteiger partial charge in [0.2, 0.25) is 5.88 Å². The number of amides is 1. The van der Waals surface area contributed by atoms with Crippen LogP contribution in [0.5, 0.6) is 5.88 Å². The van der Waals surface area contributed by atoms with Crippen LogP contribution in [0.25, 0.3) is 5.65 Å². The third-order valence-electron chi connectivity index (χ3n) is 3.25. The minimum Gasteiger partial charge on any atom is -0.477 e. The molecule has 126 valence electrons. The van der Waals surface area contributed by atoms with Crippen molar-refractivity contribution in [3.8, 4) is 5.88 Å². The van der Waals surface area contributed by atoms with Gasteiger partial charge in [0, 0.05) is 6.07 Å². The molecule has 9 nitrogen and oxygen atoms in total. The van der Waals surface area contributed by atoms with Crippen molar-refractivity contribution < 1.29 is 9.53 Å². The third kappa shape index (κ3) is 3.32. The van der Waals surface area contributed by atoms with Crippen LogP contribution in [0.3, 0.4) is 0 Å². The molecule has 3 aromatic heterocycles. The first kappa shape index (κ1) is 16.2. The molecule has 0 aliphatic carbocycles. The highest BCUT2D eigenvalue weighted by molar-refractivity contribution is 7.08. The van der Waals surface area contributed by atoms with Crippen LogP contribution >= 0.6 is 11.5 Å². The molecule has 1 amide bonds. The maximum atomic E-state index is 12.3. The van der Waals surface area contributed by atoms with E-state index in [9.17, 15) is 4.79 Å². The number of rotatable bonds is 7. The van der Waals surface area contributed by atoms with Gasteiger partial charge in [-0.05, 0) is 30.9 Å². The van der Waals surface area contributed by atoms with Crippen LogP contribution in [-0.4, -0.2) is 41.9 Å². The summed E-state index contributed by atoms with van der Waals surface area (Å²) in [6.07, 6.45) is 1.64. The van der Waals surface area contributed by atoms with Crippen molar-refractivity contribution in [3.63, 3.8) is 0 Å². The number of fused-ring (bicyclic) bond motifs is 1. The lowest BCUT2D eigenvalue weighted by Crippen LogP contribution is -2.24. The molecule has 0 saturated heterocycles. The maximum absolute atomic E-state index is 12.3. The number of hydrogen-bond acceptors (Lipinski definition) is 8. The van der Waals surface area contributed by atoms with Gasteiger partial charge in [0.1, 0.15) is 4.88 Å². The predicted molar refractivity (Wildman–Crippen MR) is 87.0 cm³/mol. The molecule has 3 rings (SSSR count). The molecular formula is C14H17N7O2S. The van der Waals surface area contributed by atoms with Crippen molar-refractivity contribution in [1.29, 1.82) is 0 Å². The smallest absolute Gasteiger partial charge is 0.265 e. The second-order valence-corrected chi connectivity index (χ2v) is 5.73. The van der Waals surface area contributed by atoms with E-state index in [-0.39, 0.29) is 12.5 Å². The van der Waals surface area contributed by atoms with E-state index in [2.05, 4.69) is 30.2 Å². The van der Waals surface area contributed by atoms with Crippen molar-refractivity contribution in [3.05, 3.63) is 28.5 Å². The van der Waals surface area contributed by atoms with Gasteiger partial charge in [0.15, 0.2) is 11.5 Å². The Balaban J connectivity index is 1.74. The van der Waals surface area contributed by atoms with Crippen LogP contribution < -0.4 is 10.1 Å². The van der Waals surface area contributed by atoms with Gasteiger partial charge in [-0.25, -0.2) is 0 Å². The zero-order valence-electron chi connectivity index (χ0n) is 13.4. The molecule has 1 N–H and O–H groups in total. The van der Waals surface area contributed by atoms with E-state index in [4.69, 9.17) is 4.74 Å². The molecule has 0 unspecified atom stereocenters. The molecule has 0 bridgehead atoms. The van der Waals surface area contributed by atoms with E-state index in [0.717, 1.165) is 30.1 Å². The highest BCUT2D eigenvalue weighted by Crippen LogP contribution is 2.13. The Bertz CT molecular complexity index is 845. The largest absolute Gasteiger partial charge is 0.477 e. The minimum absolute atomic E-state index is 0.200. The summed E-state index contributed by atoms with van der Waals surface area (Å²) in [6, 6.07) is 3.50. The van der Waals surface area contributed by atoms with E-state index in [1.807, 2.05) is 13.8 Å². The number of carbonyl (C=O) groups excluding carboxylic acids is 1. The van der Waals surface area contributed by atoms with Crippen molar-refractivity contribution in [2.45, 2.75) is 33.2 Å². The Kier molecular flexibility index (Phi) is 4.94. The number of hydrogen-bond donors (Lipinski definition) is 1. The summed E-state index contributed by atoms with van der Waals surface area (Å²) in [6.45, 7) is 4.64. The van der Waals surface area contributed by atoms with Crippen LogP contribution in [0.4, 0.5) is 0 Å². The van der Waals surface area contributed by atoms with Crippen LogP contribution in [0.1, 0.15) is 41.5 Å². The average Bonchev–Trinajstić information content (AvgIpc) is 3.20. The predicted octanol–water partition coefficient (Wildman–Crippen LogP) is 1.26. The second kappa shape index (κ2) is 7.30. The Hall–Kier alpha value is -2.62. The molecule has 0 aliphatic heterocycles. The number of aromatic nitrogens is 6. The molecule has 3 heterocycles. The Morgan fingerprint density at radius 1 is 1.29 bits per heavy atom. The summed E-state index contributed by atoms with van der Waals surface area (Å²) in [5, 5.41) is 19.2. The molecule has 0 aromatic carbocycles. The first-order chi connectivity index (χ1) is 11.7. The Morgan fingerprint density at radius 2 is 2.17 bits per heavy atom. The van der Waals surface area contributed by atoms with Gasteiger partial charge in [0.05, 0.1) is 18.8 Å². The van der Waals surface area contributed by atoms with Crippen LogP contribution in [0.2, 0.25) is 0 Å². The lowest BCUT2D eigenvalue weighted by Gasteiger charge is -2.04. The Morgan fingerprint density at radius 3 is 2.96 bits per heavy atom. The fourth-order valence-electron chi connectivity index (χ4n) is 2.17. The molecule has 0 saturated carbocycles. The summed E-state index contributed by atoms with van der Waals surface area (Å²) in [7, 11) is 0. The Labute approximate surface area is 142 Å². The highest BCUT2D eigenvalue weighted by atomic mass is 32.1. The van der Waals surface area contributed by atoms with Gasteiger partial charge >= 0.3 is 0 Å². The molecule has 0 fully saturated rings. The maximum Gasteiger partial charge on any atom is 0.265 e. The number of aryl methyl sites for hydroxylation is 1. The molecule has 10 heteroatoms. The molecule has 24 heavy (non-hydrogen) atoms. The van der Waals surface area contributed by atoms with E-state index in [1.54, 1.807) is 16.6 Å². The van der Waals surface area contributed by atoms with Crippen molar-refractivity contribution in [2.75, 3.05) is 6.61 Å². The normalized spacial score (nSPS) is 10.9. The van der Waals surface area contributed by atoms with Crippen LogP contribution in [-0.2, 0) is 13.0 Å². The molecule has 0 aliphatic rings. The monoisotopic (exact) mass is 347 g/mol. The summed E-state index contributed by atoms with van der Waals surface area (Å²) in [4.78, 5) is 12.9. The van der Waals surface area contributed by atoms with Crippen molar-refractivity contribution >= 4 is 23.1 Å². The number of nitrogens with zero attached hydrogens (tertiary/aromatic N) is 6. The van der Waals surface area contributed by atoms with Crippen LogP contribution in [0.15, 0.2) is 12.1 Å². The van der Waals surface area contributed by atoms with E-state index in [0.29, 0.717) is 28.8 Å². The lowest BCUT2D eigenvalue weighted by atomic mass is 10.2. The van der Waals surface area contributed by atoms with Gasteiger partial charge < -0.3 is 10.1 Å². The summed E-state index contributed by atoms with van der Waals surface area (Å²) >= 11 is 1.10. The highest BCUT2D eigenvalue weighted by Gasteiger charge is 2.16. The summed E-state index contributed by atoms with van der Waals surface area (Å²) < 4.78 is 10.8. The van der Waals surface area contributed by atoms with Gasteiger partial charge in [0.25, 0.3) is 5.91 Å². The first-order valence-corrected chi connectivity index (χ1v) is 8.43. The van der Waals surface area contributed by atoms with E-state index < -0.39 is 0 Å². The van der Waals surface area contributed by atoms with Crippen molar-refractivity contribution in [2.24, 2.45) is 0 Å². The lowest BCUT2D eigenvalue weighted by molar-refractivity contribution is 0.0952. The fraction of sp³-hybridized carbons (Fsp3) is 0.429. The summed E-state index contributed by atoms with van der Waals surface area (Å²) in [5.41, 5.74) is 1.32. The zero-order chi connectivity index (χ0) is 16.9. The molecule has 3 aromatic rings. The topological polar surface area (TPSA) is 107 Å². The van der Waals surface area contributed by atoms with Crippen molar-refractivity contribution in [1.82, 2.24) is 34.7 Å². The number of ether oxygens (including phenoxy) is 1. The van der Waals surface area contributed by atoms with Crippen LogP contribution in [0, 0.1) is 0 Å². The SMILES string of the molecule is CCCc1nnsc1C(=O)NCc1nnc2ccc(OCC)nn12. The third-order valence-corrected chi connectivity index (χ3v) is 4.02. The molecular weight excluding hydrogens is 330 g/mol.